The van der Waals surface area contributed by atoms with Crippen LogP contribution in [0.2, 0.25) is 0 Å². The van der Waals surface area contributed by atoms with E-state index >= 15 is 0 Å². The first-order valence-corrected chi connectivity index (χ1v) is 7.47. The number of aryl methyl sites for hydroxylation is 1. The van der Waals surface area contributed by atoms with Crippen LogP contribution in [0.5, 0.6) is 0 Å². The second-order valence-electron chi connectivity index (χ2n) is 5.32. The average Bonchev–Trinajstić information content (AvgIpc) is 2.65. The summed E-state index contributed by atoms with van der Waals surface area (Å²) in [5, 5.41) is 21.7. The molecule has 0 unspecified atom stereocenters. The quantitative estimate of drug-likeness (QED) is 0.837. The zero-order valence-corrected chi connectivity index (χ0v) is 12.0. The topological polar surface area (TPSA) is 86.8 Å². The van der Waals surface area contributed by atoms with Gasteiger partial charge in [0.25, 0.3) is 0 Å². The van der Waals surface area contributed by atoms with Crippen molar-refractivity contribution in [1.82, 2.24) is 14.5 Å². The van der Waals surface area contributed by atoms with Crippen molar-refractivity contribution in [3.8, 4) is 6.07 Å². The standard InChI is InChI=1S/C15H19N5O/c16-9-11-12-5-2-1-3-7-20(12)14-13(11)18-10-19-15(14)17-6-4-8-21/h10,21H,1-8H2,(H,17,18,19). The van der Waals surface area contributed by atoms with Gasteiger partial charge in [-0.2, -0.15) is 5.26 Å². The zero-order chi connectivity index (χ0) is 14.7. The second-order valence-corrected chi connectivity index (χ2v) is 5.32. The molecule has 3 heterocycles. The van der Waals surface area contributed by atoms with Crippen LogP contribution >= 0.6 is 0 Å². The van der Waals surface area contributed by atoms with Crippen LogP contribution in [0.3, 0.4) is 0 Å². The fraction of sp³-hybridized carbons (Fsp3) is 0.533. The van der Waals surface area contributed by atoms with Gasteiger partial charge in [0.2, 0.25) is 0 Å². The van der Waals surface area contributed by atoms with Crippen molar-refractivity contribution in [2.75, 3.05) is 18.5 Å². The Hall–Kier alpha value is -2.13. The number of fused-ring (bicyclic) bond motifs is 3. The van der Waals surface area contributed by atoms with E-state index in [4.69, 9.17) is 5.11 Å². The summed E-state index contributed by atoms with van der Waals surface area (Å²) in [4.78, 5) is 8.66. The van der Waals surface area contributed by atoms with E-state index in [1.165, 1.54) is 12.7 Å². The van der Waals surface area contributed by atoms with Crippen LogP contribution in [-0.2, 0) is 13.0 Å². The molecule has 0 aliphatic carbocycles. The van der Waals surface area contributed by atoms with Crippen molar-refractivity contribution in [3.05, 3.63) is 17.6 Å². The van der Waals surface area contributed by atoms with Crippen molar-refractivity contribution in [2.45, 2.75) is 38.6 Å². The molecular formula is C15H19N5O. The lowest BCUT2D eigenvalue weighted by Crippen LogP contribution is -2.08. The fourth-order valence-electron chi connectivity index (χ4n) is 3.00. The molecular weight excluding hydrogens is 266 g/mol. The molecule has 0 amide bonds. The molecule has 0 fully saturated rings. The molecule has 0 spiro atoms. The predicted octanol–water partition coefficient (Wildman–Crippen LogP) is 1.82. The predicted molar refractivity (Wildman–Crippen MR) is 80.0 cm³/mol. The zero-order valence-electron chi connectivity index (χ0n) is 12.0. The molecule has 0 saturated heterocycles. The SMILES string of the molecule is N#Cc1c2n(c3c(NCCCO)ncnc13)CCCCC2. The van der Waals surface area contributed by atoms with Crippen LogP contribution < -0.4 is 5.32 Å². The van der Waals surface area contributed by atoms with Gasteiger partial charge in [0.05, 0.1) is 5.56 Å². The molecule has 0 saturated carbocycles. The Kier molecular flexibility index (Phi) is 4.02. The molecule has 2 aromatic heterocycles. The monoisotopic (exact) mass is 285 g/mol. The molecule has 1 aliphatic rings. The lowest BCUT2D eigenvalue weighted by Gasteiger charge is -2.10. The number of nitrogens with zero attached hydrogens (tertiary/aromatic N) is 4. The molecule has 0 atom stereocenters. The van der Waals surface area contributed by atoms with E-state index in [0.717, 1.165) is 48.4 Å². The lowest BCUT2D eigenvalue weighted by atomic mass is 10.1. The largest absolute Gasteiger partial charge is 0.396 e. The number of hydrogen-bond donors (Lipinski definition) is 2. The third-order valence-electron chi connectivity index (χ3n) is 3.98. The van der Waals surface area contributed by atoms with Crippen molar-refractivity contribution in [2.24, 2.45) is 0 Å². The van der Waals surface area contributed by atoms with E-state index in [2.05, 4.69) is 25.9 Å². The molecule has 2 N–H and O–H groups in total. The summed E-state index contributed by atoms with van der Waals surface area (Å²) in [6.45, 7) is 1.72. The van der Waals surface area contributed by atoms with Crippen molar-refractivity contribution in [1.29, 1.82) is 5.26 Å². The molecule has 6 nitrogen and oxygen atoms in total. The molecule has 2 aromatic rings. The summed E-state index contributed by atoms with van der Waals surface area (Å²) >= 11 is 0. The normalized spacial score (nSPS) is 14.5. The smallest absolute Gasteiger partial charge is 0.154 e. The highest BCUT2D eigenvalue weighted by Crippen LogP contribution is 2.31. The Morgan fingerprint density at radius 1 is 1.33 bits per heavy atom. The highest BCUT2D eigenvalue weighted by atomic mass is 16.3. The van der Waals surface area contributed by atoms with E-state index in [9.17, 15) is 5.26 Å². The van der Waals surface area contributed by atoms with Crippen LogP contribution in [0.4, 0.5) is 5.82 Å². The summed E-state index contributed by atoms with van der Waals surface area (Å²) in [6, 6.07) is 2.32. The number of hydrogen-bond acceptors (Lipinski definition) is 5. The number of aromatic nitrogens is 3. The maximum absolute atomic E-state index is 9.50. The van der Waals surface area contributed by atoms with E-state index in [0.29, 0.717) is 18.5 Å². The number of aliphatic hydroxyl groups excluding tert-OH is 1. The van der Waals surface area contributed by atoms with Crippen molar-refractivity contribution < 1.29 is 5.11 Å². The molecule has 0 bridgehead atoms. The van der Waals surface area contributed by atoms with Gasteiger partial charge in [0.15, 0.2) is 5.82 Å². The Labute approximate surface area is 123 Å². The molecule has 0 aromatic carbocycles. The van der Waals surface area contributed by atoms with Crippen LogP contribution in [-0.4, -0.2) is 32.8 Å². The van der Waals surface area contributed by atoms with Gasteiger partial charge < -0.3 is 15.0 Å². The highest BCUT2D eigenvalue weighted by molar-refractivity contribution is 5.92. The first-order chi connectivity index (χ1) is 10.4. The van der Waals surface area contributed by atoms with Gasteiger partial charge in [0.1, 0.15) is 23.4 Å². The van der Waals surface area contributed by atoms with Crippen molar-refractivity contribution >= 4 is 16.9 Å². The number of aliphatic hydroxyl groups is 1. The summed E-state index contributed by atoms with van der Waals surface area (Å²) < 4.78 is 2.21. The second kappa shape index (κ2) is 6.10. The molecule has 6 heteroatoms. The molecule has 1 aliphatic heterocycles. The number of nitrogens with one attached hydrogen (secondary N) is 1. The third-order valence-corrected chi connectivity index (χ3v) is 3.98. The molecule has 3 rings (SSSR count). The number of anilines is 1. The summed E-state index contributed by atoms with van der Waals surface area (Å²) in [5.74, 6) is 0.762. The Morgan fingerprint density at radius 2 is 2.24 bits per heavy atom. The van der Waals surface area contributed by atoms with Gasteiger partial charge in [-0.1, -0.05) is 6.42 Å². The minimum Gasteiger partial charge on any atom is -0.396 e. The average molecular weight is 285 g/mol. The third kappa shape index (κ3) is 2.45. The Balaban J connectivity index is 2.13. The van der Waals surface area contributed by atoms with E-state index in [1.54, 1.807) is 0 Å². The van der Waals surface area contributed by atoms with Gasteiger partial charge in [-0.05, 0) is 25.7 Å². The van der Waals surface area contributed by atoms with E-state index < -0.39 is 0 Å². The molecule has 0 radical (unpaired) electrons. The summed E-state index contributed by atoms with van der Waals surface area (Å²) in [6.07, 6.45) is 6.52. The first kappa shape index (κ1) is 13.8. The van der Waals surface area contributed by atoms with E-state index in [-0.39, 0.29) is 6.61 Å². The van der Waals surface area contributed by atoms with Gasteiger partial charge in [0, 0.05) is 25.4 Å². The van der Waals surface area contributed by atoms with Gasteiger partial charge in [-0.15, -0.1) is 0 Å². The fourth-order valence-corrected chi connectivity index (χ4v) is 3.00. The molecule has 21 heavy (non-hydrogen) atoms. The maximum atomic E-state index is 9.50. The van der Waals surface area contributed by atoms with Crippen LogP contribution in [0.15, 0.2) is 6.33 Å². The van der Waals surface area contributed by atoms with E-state index in [1.807, 2.05) is 0 Å². The van der Waals surface area contributed by atoms with Crippen LogP contribution in [0, 0.1) is 11.3 Å². The summed E-state index contributed by atoms with van der Waals surface area (Å²) in [5.41, 5.74) is 3.47. The van der Waals surface area contributed by atoms with Gasteiger partial charge in [-0.3, -0.25) is 0 Å². The van der Waals surface area contributed by atoms with Crippen molar-refractivity contribution in [3.63, 3.8) is 0 Å². The maximum Gasteiger partial charge on any atom is 0.154 e. The first-order valence-electron chi connectivity index (χ1n) is 7.47. The van der Waals surface area contributed by atoms with Gasteiger partial charge >= 0.3 is 0 Å². The number of rotatable bonds is 4. The summed E-state index contributed by atoms with van der Waals surface area (Å²) in [7, 11) is 0. The lowest BCUT2D eigenvalue weighted by molar-refractivity contribution is 0.292. The van der Waals surface area contributed by atoms with Crippen LogP contribution in [0.25, 0.3) is 11.0 Å². The minimum atomic E-state index is 0.150. The Bertz CT molecular complexity index is 685. The van der Waals surface area contributed by atoms with Gasteiger partial charge in [-0.25, -0.2) is 9.97 Å². The Morgan fingerprint density at radius 3 is 3.05 bits per heavy atom. The van der Waals surface area contributed by atoms with Crippen LogP contribution in [0.1, 0.15) is 36.9 Å². The highest BCUT2D eigenvalue weighted by Gasteiger charge is 2.22. The number of nitriles is 1. The minimum absolute atomic E-state index is 0.150. The molecule has 110 valence electrons.